The number of carbonyl (C=O) groups excluding carboxylic acids is 2. The van der Waals surface area contributed by atoms with Gasteiger partial charge in [0.05, 0.1) is 0 Å². The van der Waals surface area contributed by atoms with Gasteiger partial charge in [-0.1, -0.05) is 42.5 Å². The van der Waals surface area contributed by atoms with Crippen molar-refractivity contribution >= 4 is 17.4 Å². The van der Waals surface area contributed by atoms with Crippen LogP contribution in [0.25, 0.3) is 0 Å². The SMILES string of the molecule is CC(=O)c1cccc(NC(=O)/C(C#N)=C\N2CCC(Cc3ccccc3)CC2)c1. The van der Waals surface area contributed by atoms with Crippen LogP contribution >= 0.6 is 0 Å². The molecule has 5 nitrogen and oxygen atoms in total. The van der Waals surface area contributed by atoms with Gasteiger partial charge in [0, 0.05) is 30.5 Å². The largest absolute Gasteiger partial charge is 0.376 e. The highest BCUT2D eigenvalue weighted by atomic mass is 16.1. The number of benzene rings is 2. The Kier molecular flexibility index (Phi) is 6.80. The van der Waals surface area contributed by atoms with E-state index in [0.29, 0.717) is 17.2 Å². The Balaban J connectivity index is 1.57. The molecule has 2 aromatic carbocycles. The molecule has 1 fully saturated rings. The van der Waals surface area contributed by atoms with Gasteiger partial charge >= 0.3 is 0 Å². The number of hydrogen-bond acceptors (Lipinski definition) is 4. The zero-order valence-electron chi connectivity index (χ0n) is 16.6. The van der Waals surface area contributed by atoms with E-state index in [2.05, 4.69) is 29.6 Å². The summed E-state index contributed by atoms with van der Waals surface area (Å²) in [5.74, 6) is 0.0888. The van der Waals surface area contributed by atoms with Crippen LogP contribution in [0.1, 0.15) is 35.7 Å². The number of carbonyl (C=O) groups is 2. The predicted octanol–water partition coefficient (Wildman–Crippen LogP) is 4.19. The van der Waals surface area contributed by atoms with E-state index in [1.54, 1.807) is 30.5 Å². The standard InChI is InChI=1S/C24H25N3O2/c1-18(28)21-8-5-9-23(15-21)26-24(29)22(16-25)17-27-12-10-20(11-13-27)14-19-6-3-2-4-7-19/h2-9,15,17,20H,10-14H2,1H3,(H,26,29)/b22-17-. The molecule has 5 heteroatoms. The lowest BCUT2D eigenvalue weighted by atomic mass is 9.90. The summed E-state index contributed by atoms with van der Waals surface area (Å²) in [4.78, 5) is 26.0. The first-order valence-electron chi connectivity index (χ1n) is 9.87. The summed E-state index contributed by atoms with van der Waals surface area (Å²) in [7, 11) is 0. The van der Waals surface area contributed by atoms with Crippen molar-refractivity contribution < 1.29 is 9.59 Å². The van der Waals surface area contributed by atoms with Gasteiger partial charge in [0.2, 0.25) is 0 Å². The maximum absolute atomic E-state index is 12.5. The average Bonchev–Trinajstić information content (AvgIpc) is 2.74. The molecule has 0 atom stereocenters. The van der Waals surface area contributed by atoms with Gasteiger partial charge in [0.25, 0.3) is 5.91 Å². The van der Waals surface area contributed by atoms with Crippen molar-refractivity contribution in [1.29, 1.82) is 5.26 Å². The predicted molar refractivity (Wildman–Crippen MR) is 113 cm³/mol. The lowest BCUT2D eigenvalue weighted by molar-refractivity contribution is -0.112. The van der Waals surface area contributed by atoms with E-state index >= 15 is 0 Å². The monoisotopic (exact) mass is 387 g/mol. The molecule has 3 rings (SSSR count). The summed E-state index contributed by atoms with van der Waals surface area (Å²) in [6.07, 6.45) is 4.79. The van der Waals surface area contributed by atoms with Gasteiger partial charge in [0.1, 0.15) is 11.6 Å². The number of anilines is 1. The molecule has 0 saturated carbocycles. The quantitative estimate of drug-likeness (QED) is 0.458. The first kappa shape index (κ1) is 20.3. The van der Waals surface area contributed by atoms with Crippen LogP contribution in [0.4, 0.5) is 5.69 Å². The van der Waals surface area contributed by atoms with Crippen LogP contribution in [-0.4, -0.2) is 29.7 Å². The van der Waals surface area contributed by atoms with E-state index < -0.39 is 5.91 Å². The molecule has 0 aliphatic carbocycles. The molecular formula is C24H25N3O2. The van der Waals surface area contributed by atoms with Crippen LogP contribution < -0.4 is 5.32 Å². The molecule has 0 spiro atoms. The second-order valence-electron chi connectivity index (χ2n) is 7.41. The third-order valence-electron chi connectivity index (χ3n) is 5.22. The number of nitriles is 1. The maximum atomic E-state index is 12.5. The summed E-state index contributed by atoms with van der Waals surface area (Å²) in [6.45, 7) is 3.13. The van der Waals surface area contributed by atoms with Crippen molar-refractivity contribution in [3.05, 3.63) is 77.5 Å². The van der Waals surface area contributed by atoms with E-state index in [1.165, 1.54) is 12.5 Å². The zero-order valence-corrected chi connectivity index (χ0v) is 16.6. The minimum atomic E-state index is -0.459. The van der Waals surface area contributed by atoms with E-state index in [0.717, 1.165) is 32.4 Å². The second-order valence-corrected chi connectivity index (χ2v) is 7.41. The minimum absolute atomic E-state index is 0.0692. The summed E-state index contributed by atoms with van der Waals surface area (Å²) in [6, 6.07) is 19.2. The van der Waals surface area contributed by atoms with Gasteiger partial charge in [-0.2, -0.15) is 5.26 Å². The van der Waals surface area contributed by atoms with Crippen LogP contribution in [0.3, 0.4) is 0 Å². The van der Waals surface area contributed by atoms with Gasteiger partial charge in [0.15, 0.2) is 5.78 Å². The fraction of sp³-hybridized carbons (Fsp3) is 0.292. The Morgan fingerprint density at radius 3 is 2.52 bits per heavy atom. The Labute approximate surface area is 171 Å². The molecule has 0 bridgehead atoms. The Bertz CT molecular complexity index is 936. The van der Waals surface area contributed by atoms with Gasteiger partial charge in [-0.3, -0.25) is 9.59 Å². The Morgan fingerprint density at radius 1 is 1.14 bits per heavy atom. The number of nitrogens with one attached hydrogen (secondary N) is 1. The number of amides is 1. The number of likely N-dealkylation sites (tertiary alicyclic amines) is 1. The van der Waals surface area contributed by atoms with Crippen LogP contribution in [0, 0.1) is 17.2 Å². The smallest absolute Gasteiger partial charge is 0.267 e. The lowest BCUT2D eigenvalue weighted by Gasteiger charge is -2.31. The van der Waals surface area contributed by atoms with Crippen molar-refractivity contribution in [1.82, 2.24) is 4.90 Å². The molecule has 1 aliphatic heterocycles. The molecule has 1 saturated heterocycles. The van der Waals surface area contributed by atoms with Crippen molar-refractivity contribution in [2.24, 2.45) is 5.92 Å². The summed E-state index contributed by atoms with van der Waals surface area (Å²) in [5.41, 5.74) is 2.45. The highest BCUT2D eigenvalue weighted by Gasteiger charge is 2.19. The number of nitrogens with zero attached hydrogens (tertiary/aromatic N) is 2. The molecule has 29 heavy (non-hydrogen) atoms. The van der Waals surface area contributed by atoms with E-state index in [1.807, 2.05) is 17.0 Å². The maximum Gasteiger partial charge on any atom is 0.267 e. The normalized spacial score (nSPS) is 14.9. The van der Waals surface area contributed by atoms with Crippen molar-refractivity contribution in [3.8, 4) is 6.07 Å². The molecule has 1 heterocycles. The molecule has 2 aromatic rings. The highest BCUT2D eigenvalue weighted by Crippen LogP contribution is 2.22. The van der Waals surface area contributed by atoms with Crippen LogP contribution in [0.2, 0.25) is 0 Å². The molecule has 148 valence electrons. The first-order valence-corrected chi connectivity index (χ1v) is 9.87. The molecular weight excluding hydrogens is 362 g/mol. The summed E-state index contributed by atoms with van der Waals surface area (Å²) < 4.78 is 0. The lowest BCUT2D eigenvalue weighted by Crippen LogP contribution is -2.31. The molecule has 1 aliphatic rings. The molecule has 0 aromatic heterocycles. The van der Waals surface area contributed by atoms with E-state index in [-0.39, 0.29) is 11.4 Å². The number of hydrogen-bond donors (Lipinski definition) is 1. The second kappa shape index (κ2) is 9.70. The van der Waals surface area contributed by atoms with Crippen LogP contribution in [0.5, 0.6) is 0 Å². The summed E-state index contributed by atoms with van der Waals surface area (Å²) in [5, 5.41) is 12.1. The fourth-order valence-electron chi connectivity index (χ4n) is 3.57. The zero-order chi connectivity index (χ0) is 20.6. The van der Waals surface area contributed by atoms with Crippen molar-refractivity contribution in [2.45, 2.75) is 26.2 Å². The van der Waals surface area contributed by atoms with Crippen LogP contribution in [-0.2, 0) is 11.2 Å². The average molecular weight is 387 g/mol. The number of piperidine rings is 1. The molecule has 1 N–H and O–H groups in total. The summed E-state index contributed by atoms with van der Waals surface area (Å²) >= 11 is 0. The molecule has 1 amide bonds. The van der Waals surface area contributed by atoms with Gasteiger partial charge in [-0.05, 0) is 49.8 Å². The number of Topliss-reactive ketones (excluding diaryl/α,β-unsaturated/α-hetero) is 1. The van der Waals surface area contributed by atoms with Crippen molar-refractivity contribution in [2.75, 3.05) is 18.4 Å². The highest BCUT2D eigenvalue weighted by molar-refractivity contribution is 6.07. The molecule has 0 unspecified atom stereocenters. The van der Waals surface area contributed by atoms with Gasteiger partial charge < -0.3 is 10.2 Å². The fourth-order valence-corrected chi connectivity index (χ4v) is 3.57. The number of rotatable bonds is 6. The minimum Gasteiger partial charge on any atom is -0.376 e. The van der Waals surface area contributed by atoms with Crippen molar-refractivity contribution in [3.63, 3.8) is 0 Å². The Morgan fingerprint density at radius 2 is 1.86 bits per heavy atom. The number of ketones is 1. The third-order valence-corrected chi connectivity index (χ3v) is 5.22. The van der Waals surface area contributed by atoms with Gasteiger partial charge in [-0.25, -0.2) is 0 Å². The van der Waals surface area contributed by atoms with Gasteiger partial charge in [-0.15, -0.1) is 0 Å². The van der Waals surface area contributed by atoms with Crippen LogP contribution in [0.15, 0.2) is 66.4 Å². The van der Waals surface area contributed by atoms with E-state index in [4.69, 9.17) is 0 Å². The topological polar surface area (TPSA) is 73.2 Å². The third kappa shape index (κ3) is 5.79. The van der Waals surface area contributed by atoms with E-state index in [9.17, 15) is 14.9 Å². The molecule has 0 radical (unpaired) electrons. The Hall–Kier alpha value is -3.39. The first-order chi connectivity index (χ1) is 14.0.